The predicted molar refractivity (Wildman–Crippen MR) is 119 cm³/mol. The number of thiazole rings is 1. The first-order valence-corrected chi connectivity index (χ1v) is 10.3. The van der Waals surface area contributed by atoms with Gasteiger partial charge in [-0.3, -0.25) is 14.4 Å². The predicted octanol–water partition coefficient (Wildman–Crippen LogP) is 2.98. The van der Waals surface area contributed by atoms with Gasteiger partial charge in [0, 0.05) is 16.6 Å². The Bertz CT molecular complexity index is 1130. The van der Waals surface area contributed by atoms with Gasteiger partial charge in [0.25, 0.3) is 11.8 Å². The van der Waals surface area contributed by atoms with Crippen molar-refractivity contribution in [3.8, 4) is 22.1 Å². The summed E-state index contributed by atoms with van der Waals surface area (Å²) in [6.45, 7) is -0.224. The molecule has 2 N–H and O–H groups in total. The first kappa shape index (κ1) is 22.8. The van der Waals surface area contributed by atoms with Gasteiger partial charge >= 0.3 is 5.97 Å². The van der Waals surface area contributed by atoms with Crippen LogP contribution in [0.2, 0.25) is 0 Å². The van der Waals surface area contributed by atoms with Crippen molar-refractivity contribution < 1.29 is 28.6 Å². The largest absolute Gasteiger partial charge is 0.493 e. The molecule has 0 fully saturated rings. The molecule has 9 nitrogen and oxygen atoms in total. The van der Waals surface area contributed by atoms with Crippen molar-refractivity contribution in [1.82, 2.24) is 10.3 Å². The Kier molecular flexibility index (Phi) is 7.40. The van der Waals surface area contributed by atoms with Gasteiger partial charge in [0.2, 0.25) is 0 Å². The van der Waals surface area contributed by atoms with Crippen molar-refractivity contribution in [1.29, 1.82) is 0 Å². The minimum absolute atomic E-state index is 0.224. The second-order valence-electron chi connectivity index (χ2n) is 6.37. The number of aromatic nitrogens is 1. The Morgan fingerprint density at radius 3 is 2.38 bits per heavy atom. The van der Waals surface area contributed by atoms with E-state index < -0.39 is 17.8 Å². The highest BCUT2D eigenvalue weighted by Crippen LogP contribution is 2.39. The maximum Gasteiger partial charge on any atom is 0.325 e. The summed E-state index contributed by atoms with van der Waals surface area (Å²) < 4.78 is 15.2. The van der Waals surface area contributed by atoms with E-state index in [1.54, 1.807) is 37.8 Å². The fourth-order valence-electron chi connectivity index (χ4n) is 2.78. The molecule has 0 bridgehead atoms. The highest BCUT2D eigenvalue weighted by atomic mass is 32.1. The summed E-state index contributed by atoms with van der Waals surface area (Å²) in [5, 5.41) is 7.45. The number of nitrogens with zero attached hydrogens (tertiary/aromatic N) is 1. The standard InChI is InChI=1S/C22H21N3O6S/c1-29-17-6-4-5-15(19(17)31-3)22-25-16(12-32-22)21(28)24-14-9-7-13(8-10-14)20(27)23-11-18(26)30-2/h4-10,12H,11H2,1-3H3,(H,23,27)(H,24,28). The quantitative estimate of drug-likeness (QED) is 0.502. The van der Waals surface area contributed by atoms with E-state index in [0.717, 1.165) is 5.56 Å². The number of rotatable bonds is 8. The summed E-state index contributed by atoms with van der Waals surface area (Å²) in [5.74, 6) is -0.252. The molecule has 0 radical (unpaired) electrons. The van der Waals surface area contributed by atoms with Crippen LogP contribution in [0.15, 0.2) is 47.8 Å². The van der Waals surface area contributed by atoms with E-state index >= 15 is 0 Å². The molecular formula is C22H21N3O6S. The van der Waals surface area contributed by atoms with Crippen LogP contribution in [0.3, 0.4) is 0 Å². The Hall–Kier alpha value is -3.92. The molecule has 0 spiro atoms. The summed E-state index contributed by atoms with van der Waals surface area (Å²) in [4.78, 5) is 40.2. The van der Waals surface area contributed by atoms with Gasteiger partial charge in [-0.15, -0.1) is 11.3 Å². The monoisotopic (exact) mass is 455 g/mol. The smallest absolute Gasteiger partial charge is 0.325 e. The number of anilines is 1. The summed E-state index contributed by atoms with van der Waals surface area (Å²) in [6, 6.07) is 11.7. The maximum absolute atomic E-state index is 12.6. The number of para-hydroxylation sites is 1. The third kappa shape index (κ3) is 5.22. The maximum atomic E-state index is 12.6. The zero-order valence-corrected chi connectivity index (χ0v) is 18.4. The number of nitrogens with one attached hydrogen (secondary N) is 2. The van der Waals surface area contributed by atoms with Gasteiger partial charge in [0.1, 0.15) is 17.2 Å². The second-order valence-corrected chi connectivity index (χ2v) is 7.23. The zero-order chi connectivity index (χ0) is 23.1. The van der Waals surface area contributed by atoms with Crippen molar-refractivity contribution >= 4 is 34.8 Å². The highest BCUT2D eigenvalue weighted by Gasteiger charge is 2.17. The lowest BCUT2D eigenvalue weighted by atomic mass is 10.2. The van der Waals surface area contributed by atoms with E-state index in [9.17, 15) is 14.4 Å². The van der Waals surface area contributed by atoms with Gasteiger partial charge in [0.05, 0.1) is 26.9 Å². The summed E-state index contributed by atoms with van der Waals surface area (Å²) in [7, 11) is 4.34. The second kappa shape index (κ2) is 10.4. The van der Waals surface area contributed by atoms with Crippen LogP contribution in [0, 0.1) is 0 Å². The number of carbonyl (C=O) groups is 3. The van der Waals surface area contributed by atoms with E-state index in [-0.39, 0.29) is 12.2 Å². The molecule has 3 aromatic rings. The van der Waals surface area contributed by atoms with E-state index in [2.05, 4.69) is 20.4 Å². The van der Waals surface area contributed by atoms with E-state index in [1.807, 2.05) is 12.1 Å². The van der Waals surface area contributed by atoms with Gasteiger partial charge in [-0.1, -0.05) is 6.07 Å². The summed E-state index contributed by atoms with van der Waals surface area (Å²) in [6.07, 6.45) is 0. The number of esters is 1. The fraction of sp³-hybridized carbons (Fsp3) is 0.182. The average molecular weight is 455 g/mol. The third-order valence-electron chi connectivity index (χ3n) is 4.40. The molecule has 10 heteroatoms. The van der Waals surface area contributed by atoms with Gasteiger partial charge in [-0.25, -0.2) is 4.98 Å². The molecular weight excluding hydrogens is 434 g/mol. The number of benzene rings is 2. The minimum Gasteiger partial charge on any atom is -0.493 e. The Morgan fingerprint density at radius 1 is 0.969 bits per heavy atom. The first-order valence-electron chi connectivity index (χ1n) is 9.40. The number of ether oxygens (including phenoxy) is 3. The molecule has 0 aliphatic heterocycles. The van der Waals surface area contributed by atoms with E-state index in [4.69, 9.17) is 9.47 Å². The molecule has 0 saturated carbocycles. The Labute approximate surface area is 188 Å². The Morgan fingerprint density at radius 2 is 1.72 bits per heavy atom. The summed E-state index contributed by atoms with van der Waals surface area (Å²) >= 11 is 1.31. The molecule has 0 aliphatic rings. The van der Waals surface area contributed by atoms with Gasteiger partial charge in [0.15, 0.2) is 11.5 Å². The lowest BCUT2D eigenvalue weighted by molar-refractivity contribution is -0.139. The van der Waals surface area contributed by atoms with Crippen molar-refractivity contribution in [2.75, 3.05) is 33.2 Å². The van der Waals surface area contributed by atoms with Crippen molar-refractivity contribution in [3.63, 3.8) is 0 Å². The van der Waals surface area contributed by atoms with Crippen LogP contribution in [-0.4, -0.2) is 50.6 Å². The van der Waals surface area contributed by atoms with E-state index in [1.165, 1.54) is 30.6 Å². The molecule has 1 aromatic heterocycles. The van der Waals surface area contributed by atoms with Crippen LogP contribution in [-0.2, 0) is 9.53 Å². The lowest BCUT2D eigenvalue weighted by Gasteiger charge is -2.10. The molecule has 32 heavy (non-hydrogen) atoms. The third-order valence-corrected chi connectivity index (χ3v) is 5.27. The summed E-state index contributed by atoms with van der Waals surface area (Å²) in [5.41, 5.74) is 1.80. The molecule has 166 valence electrons. The van der Waals surface area contributed by atoms with Crippen molar-refractivity contribution in [2.45, 2.75) is 0 Å². The van der Waals surface area contributed by atoms with Crippen molar-refractivity contribution in [2.24, 2.45) is 0 Å². The number of amides is 2. The van der Waals surface area contributed by atoms with Crippen LogP contribution in [0.1, 0.15) is 20.8 Å². The lowest BCUT2D eigenvalue weighted by Crippen LogP contribution is -2.30. The normalized spacial score (nSPS) is 10.2. The molecule has 0 atom stereocenters. The number of hydrogen-bond acceptors (Lipinski definition) is 8. The molecule has 0 aliphatic carbocycles. The highest BCUT2D eigenvalue weighted by molar-refractivity contribution is 7.13. The molecule has 0 unspecified atom stereocenters. The van der Waals surface area contributed by atoms with Crippen LogP contribution in [0.5, 0.6) is 11.5 Å². The molecule has 0 saturated heterocycles. The number of methoxy groups -OCH3 is 3. The zero-order valence-electron chi connectivity index (χ0n) is 17.6. The van der Waals surface area contributed by atoms with Gasteiger partial charge in [-0.2, -0.15) is 0 Å². The minimum atomic E-state index is -0.545. The van der Waals surface area contributed by atoms with E-state index in [0.29, 0.717) is 27.8 Å². The van der Waals surface area contributed by atoms with Crippen LogP contribution in [0.25, 0.3) is 10.6 Å². The molecule has 1 heterocycles. The SMILES string of the molecule is COC(=O)CNC(=O)c1ccc(NC(=O)c2csc(-c3cccc(OC)c3OC)n2)cc1. The van der Waals surface area contributed by atoms with Gasteiger partial charge in [-0.05, 0) is 36.4 Å². The van der Waals surface area contributed by atoms with Crippen LogP contribution < -0.4 is 20.1 Å². The first-order chi connectivity index (χ1) is 15.5. The molecule has 2 aromatic carbocycles. The van der Waals surface area contributed by atoms with Crippen LogP contribution >= 0.6 is 11.3 Å². The average Bonchev–Trinajstić information content (AvgIpc) is 3.32. The Balaban J connectivity index is 1.68. The fourth-order valence-corrected chi connectivity index (χ4v) is 3.61. The number of carbonyl (C=O) groups excluding carboxylic acids is 3. The number of hydrogen-bond donors (Lipinski definition) is 2. The van der Waals surface area contributed by atoms with Gasteiger partial charge < -0.3 is 24.8 Å². The topological polar surface area (TPSA) is 116 Å². The molecule has 2 amide bonds. The van der Waals surface area contributed by atoms with Crippen LogP contribution in [0.4, 0.5) is 5.69 Å². The van der Waals surface area contributed by atoms with Crippen molar-refractivity contribution in [3.05, 3.63) is 59.1 Å². The molecule has 3 rings (SSSR count).